The zero-order chi connectivity index (χ0) is 9.64. The van der Waals surface area contributed by atoms with E-state index in [-0.39, 0.29) is 0 Å². The van der Waals surface area contributed by atoms with Crippen LogP contribution in [0.15, 0.2) is 10.3 Å². The minimum absolute atomic E-state index is 0.507. The molecule has 0 aromatic rings. The Morgan fingerprint density at radius 1 is 1.50 bits per heavy atom. The van der Waals surface area contributed by atoms with Crippen molar-refractivity contribution < 1.29 is 9.68 Å². The highest BCUT2D eigenvalue weighted by atomic mass is 16.6. The Balaban J connectivity index is 1.52. The van der Waals surface area contributed by atoms with Crippen molar-refractivity contribution in [2.75, 3.05) is 13.2 Å². The third-order valence-electron chi connectivity index (χ3n) is 2.43. The fourth-order valence-corrected chi connectivity index (χ4v) is 1.55. The van der Waals surface area contributed by atoms with Crippen LogP contribution in [0, 0.1) is 12.3 Å². The summed E-state index contributed by atoms with van der Waals surface area (Å²) in [6.45, 7) is 1.50. The molecule has 0 N–H and O–H groups in total. The molecule has 2 heterocycles. The highest BCUT2D eigenvalue weighted by Crippen LogP contribution is 2.14. The summed E-state index contributed by atoms with van der Waals surface area (Å²) < 4.78 is 0. The Kier molecular flexibility index (Phi) is 3.38. The van der Waals surface area contributed by atoms with E-state index in [1.165, 1.54) is 5.71 Å². The maximum Gasteiger partial charge on any atom is 0.125 e. The molecular formula is C10H15N2O2. The molecule has 0 fully saturated rings. The highest BCUT2D eigenvalue weighted by molar-refractivity contribution is 5.85. The van der Waals surface area contributed by atoms with Gasteiger partial charge in [0, 0.05) is 12.3 Å². The molecule has 0 saturated heterocycles. The van der Waals surface area contributed by atoms with E-state index in [4.69, 9.17) is 9.68 Å². The van der Waals surface area contributed by atoms with E-state index in [1.54, 1.807) is 0 Å². The highest BCUT2D eigenvalue weighted by Gasteiger charge is 2.12. The minimum atomic E-state index is 0.507. The Morgan fingerprint density at radius 3 is 3.21 bits per heavy atom. The summed E-state index contributed by atoms with van der Waals surface area (Å²) in [7, 11) is 0. The largest absolute Gasteiger partial charge is 0.395 e. The van der Waals surface area contributed by atoms with Gasteiger partial charge in [-0.15, -0.1) is 0 Å². The van der Waals surface area contributed by atoms with Crippen molar-refractivity contribution in [3.8, 4) is 0 Å². The average Bonchev–Trinajstić information content (AvgIpc) is 2.86. The summed E-state index contributed by atoms with van der Waals surface area (Å²) >= 11 is 0. The molecule has 2 rings (SSSR count). The fourth-order valence-electron chi connectivity index (χ4n) is 1.55. The Labute approximate surface area is 83.9 Å². The third kappa shape index (κ3) is 2.72. The van der Waals surface area contributed by atoms with Gasteiger partial charge in [0.05, 0.1) is 11.9 Å². The van der Waals surface area contributed by atoms with E-state index >= 15 is 0 Å². The smallest absolute Gasteiger partial charge is 0.125 e. The first-order chi connectivity index (χ1) is 6.95. The molecule has 4 nitrogen and oxygen atoms in total. The Bertz CT molecular complexity index is 238. The fraction of sp³-hybridized carbons (Fsp3) is 0.700. The summed E-state index contributed by atoms with van der Waals surface area (Å²) in [6.07, 6.45) is 8.33. The van der Waals surface area contributed by atoms with Gasteiger partial charge in [0.15, 0.2) is 0 Å². The van der Waals surface area contributed by atoms with Crippen molar-refractivity contribution in [1.29, 1.82) is 0 Å². The molecule has 0 amide bonds. The summed E-state index contributed by atoms with van der Waals surface area (Å²) in [4.78, 5) is 9.81. The van der Waals surface area contributed by atoms with Gasteiger partial charge in [-0.05, 0) is 25.7 Å². The van der Waals surface area contributed by atoms with Crippen LogP contribution in [0.4, 0.5) is 0 Å². The van der Waals surface area contributed by atoms with E-state index < -0.39 is 0 Å². The van der Waals surface area contributed by atoms with Crippen LogP contribution in [-0.2, 0) is 9.68 Å². The predicted octanol–water partition coefficient (Wildman–Crippen LogP) is 1.77. The lowest BCUT2D eigenvalue weighted by Crippen LogP contribution is -2.03. The first-order valence-corrected chi connectivity index (χ1v) is 5.10. The maximum absolute atomic E-state index is 4.91. The summed E-state index contributed by atoms with van der Waals surface area (Å²) in [5.74, 6) is 0.507. The van der Waals surface area contributed by atoms with Crippen molar-refractivity contribution >= 4 is 11.9 Å². The number of rotatable bonds is 5. The molecule has 0 saturated carbocycles. The predicted molar refractivity (Wildman–Crippen MR) is 54.1 cm³/mol. The summed E-state index contributed by atoms with van der Waals surface area (Å²) in [5, 5.41) is 7.68. The van der Waals surface area contributed by atoms with E-state index in [0.29, 0.717) is 5.92 Å². The lowest BCUT2D eigenvalue weighted by atomic mass is 10.0. The zero-order valence-electron chi connectivity index (χ0n) is 8.19. The van der Waals surface area contributed by atoms with Crippen LogP contribution in [0.2, 0.25) is 0 Å². The molecule has 1 unspecified atom stereocenters. The molecule has 0 spiro atoms. The SMILES string of the molecule is [CH](CCC1C=NOC1)CC1=NOCC1. The molecule has 4 heteroatoms. The monoisotopic (exact) mass is 195 g/mol. The molecule has 77 valence electrons. The number of hydrogen-bond acceptors (Lipinski definition) is 4. The normalized spacial score (nSPS) is 24.6. The quantitative estimate of drug-likeness (QED) is 0.627. The molecule has 0 aromatic heterocycles. The number of unbranched alkanes of at least 4 members (excludes halogenated alkanes) is 1. The van der Waals surface area contributed by atoms with Crippen LogP contribution in [0.25, 0.3) is 0 Å². The molecule has 1 radical (unpaired) electrons. The molecule has 14 heavy (non-hydrogen) atoms. The van der Waals surface area contributed by atoms with E-state index in [1.807, 2.05) is 6.21 Å². The standard InChI is InChI=1S/C10H15N2O2/c1(3-9-7-11-14-8-9)2-4-10-5-6-13-12-10/h2,7,9H,1,3-6,8H2. The van der Waals surface area contributed by atoms with Crippen molar-refractivity contribution in [3.05, 3.63) is 6.42 Å². The first-order valence-electron chi connectivity index (χ1n) is 5.10. The second-order valence-electron chi connectivity index (χ2n) is 3.62. The first kappa shape index (κ1) is 9.49. The van der Waals surface area contributed by atoms with Crippen LogP contribution in [0.5, 0.6) is 0 Å². The van der Waals surface area contributed by atoms with Gasteiger partial charge in [0.2, 0.25) is 0 Å². The maximum atomic E-state index is 4.91. The Morgan fingerprint density at radius 2 is 2.50 bits per heavy atom. The van der Waals surface area contributed by atoms with Gasteiger partial charge >= 0.3 is 0 Å². The van der Waals surface area contributed by atoms with Crippen LogP contribution >= 0.6 is 0 Å². The molecule has 2 aliphatic rings. The number of oxime groups is 2. The molecule has 1 atom stereocenters. The van der Waals surface area contributed by atoms with E-state index in [9.17, 15) is 0 Å². The molecule has 2 aliphatic heterocycles. The van der Waals surface area contributed by atoms with E-state index in [2.05, 4.69) is 16.7 Å². The van der Waals surface area contributed by atoms with Gasteiger partial charge in [-0.25, -0.2) is 0 Å². The molecule has 0 aromatic carbocycles. The van der Waals surface area contributed by atoms with Gasteiger partial charge in [-0.1, -0.05) is 10.3 Å². The molecule has 0 aliphatic carbocycles. The van der Waals surface area contributed by atoms with Crippen LogP contribution in [-0.4, -0.2) is 25.1 Å². The van der Waals surface area contributed by atoms with E-state index in [0.717, 1.165) is 38.9 Å². The summed E-state index contributed by atoms with van der Waals surface area (Å²) in [6, 6.07) is 0. The number of nitrogens with zero attached hydrogens (tertiary/aromatic N) is 2. The van der Waals surface area contributed by atoms with Crippen molar-refractivity contribution in [1.82, 2.24) is 0 Å². The van der Waals surface area contributed by atoms with Gasteiger partial charge in [-0.2, -0.15) is 0 Å². The second-order valence-corrected chi connectivity index (χ2v) is 3.62. The average molecular weight is 195 g/mol. The van der Waals surface area contributed by atoms with Crippen molar-refractivity contribution in [2.45, 2.75) is 25.7 Å². The Hall–Kier alpha value is -1.06. The lowest BCUT2D eigenvalue weighted by molar-refractivity contribution is 0.152. The summed E-state index contributed by atoms with van der Waals surface area (Å²) in [5.41, 5.74) is 1.17. The van der Waals surface area contributed by atoms with Gasteiger partial charge in [-0.3, -0.25) is 0 Å². The van der Waals surface area contributed by atoms with Crippen LogP contribution in [0.1, 0.15) is 25.7 Å². The molecular weight excluding hydrogens is 180 g/mol. The molecule has 0 bridgehead atoms. The van der Waals surface area contributed by atoms with Gasteiger partial charge < -0.3 is 9.68 Å². The second kappa shape index (κ2) is 4.98. The third-order valence-corrected chi connectivity index (χ3v) is 2.43. The van der Waals surface area contributed by atoms with Crippen molar-refractivity contribution in [3.63, 3.8) is 0 Å². The number of hydrogen-bond donors (Lipinski definition) is 0. The van der Waals surface area contributed by atoms with Crippen LogP contribution in [0.3, 0.4) is 0 Å². The van der Waals surface area contributed by atoms with Gasteiger partial charge in [0.25, 0.3) is 0 Å². The van der Waals surface area contributed by atoms with Crippen molar-refractivity contribution in [2.24, 2.45) is 16.2 Å². The minimum Gasteiger partial charge on any atom is -0.395 e. The topological polar surface area (TPSA) is 43.2 Å². The van der Waals surface area contributed by atoms with Gasteiger partial charge in [0.1, 0.15) is 13.2 Å². The zero-order valence-corrected chi connectivity index (χ0v) is 8.19. The van der Waals surface area contributed by atoms with Crippen LogP contribution < -0.4 is 0 Å². The lowest BCUT2D eigenvalue weighted by Gasteiger charge is -2.03.